The van der Waals surface area contributed by atoms with Crippen molar-refractivity contribution in [3.05, 3.63) is 0 Å². The Labute approximate surface area is 89.0 Å². The Bertz CT molecular complexity index is 192. The molecule has 0 spiro atoms. The zero-order chi connectivity index (χ0) is 11.0. The molecule has 0 saturated carbocycles. The van der Waals surface area contributed by atoms with Crippen molar-refractivity contribution in [1.82, 2.24) is 4.90 Å². The Hall–Kier alpha value is -0.710. The largest absolute Gasteiger partial charge is 0.468 e. The number of amides is 1. The van der Waals surface area contributed by atoms with Gasteiger partial charge in [0.1, 0.15) is 0 Å². The van der Waals surface area contributed by atoms with Crippen molar-refractivity contribution in [1.29, 1.82) is 0 Å². The lowest BCUT2D eigenvalue weighted by molar-refractivity contribution is -0.137. The molecule has 0 atom stereocenters. The first-order valence-electron chi connectivity index (χ1n) is 4.58. The molecule has 0 rings (SSSR count). The lowest BCUT2D eigenvalue weighted by Crippen LogP contribution is -2.32. The molecule has 0 N–H and O–H groups in total. The van der Waals surface area contributed by atoms with Crippen LogP contribution in [0, 0.1) is 0 Å². The molecule has 0 aromatic carbocycles. The molecule has 0 radical (unpaired) electrons. The van der Waals surface area contributed by atoms with Gasteiger partial charge in [-0.05, 0) is 13.8 Å². The van der Waals surface area contributed by atoms with E-state index < -0.39 is 0 Å². The fourth-order valence-corrected chi connectivity index (χ4v) is 1.69. The van der Waals surface area contributed by atoms with Crippen LogP contribution in [0.15, 0.2) is 0 Å². The molecule has 0 aliphatic carbocycles. The molecule has 0 aromatic heterocycles. The summed E-state index contributed by atoms with van der Waals surface area (Å²) in [4.78, 5) is 23.9. The summed E-state index contributed by atoms with van der Waals surface area (Å²) in [5.41, 5.74) is 0. The standard InChI is InChI=1S/C9H17NO3S/c1-4-10(5-2)8(11)6-14-7-9(12)13-3/h4-7H2,1-3H3. The van der Waals surface area contributed by atoms with E-state index in [0.29, 0.717) is 18.8 Å². The number of esters is 1. The number of hydrogen-bond donors (Lipinski definition) is 0. The Morgan fingerprint density at radius 2 is 1.79 bits per heavy atom. The molecule has 0 saturated heterocycles. The van der Waals surface area contributed by atoms with Crippen LogP contribution in [0.5, 0.6) is 0 Å². The third-order valence-corrected chi connectivity index (χ3v) is 2.68. The fraction of sp³-hybridized carbons (Fsp3) is 0.778. The van der Waals surface area contributed by atoms with Crippen LogP contribution >= 0.6 is 11.8 Å². The lowest BCUT2D eigenvalue weighted by atomic mass is 10.5. The molecule has 0 unspecified atom stereocenters. The van der Waals surface area contributed by atoms with Gasteiger partial charge >= 0.3 is 5.97 Å². The van der Waals surface area contributed by atoms with E-state index in [-0.39, 0.29) is 17.6 Å². The first kappa shape index (κ1) is 13.3. The van der Waals surface area contributed by atoms with Crippen LogP contribution in [-0.2, 0) is 14.3 Å². The summed E-state index contributed by atoms with van der Waals surface area (Å²) in [5.74, 6) is 0.367. The molecule has 14 heavy (non-hydrogen) atoms. The second kappa shape index (κ2) is 7.67. The van der Waals surface area contributed by atoms with Crippen LogP contribution in [0.3, 0.4) is 0 Å². The minimum absolute atomic E-state index is 0.0731. The van der Waals surface area contributed by atoms with Crippen molar-refractivity contribution >= 4 is 23.6 Å². The zero-order valence-electron chi connectivity index (χ0n) is 8.91. The lowest BCUT2D eigenvalue weighted by Gasteiger charge is -2.17. The first-order chi connectivity index (χ1) is 6.65. The predicted molar refractivity (Wildman–Crippen MR) is 57.3 cm³/mol. The van der Waals surface area contributed by atoms with Gasteiger partial charge in [0.25, 0.3) is 0 Å². The number of methoxy groups -OCH3 is 1. The maximum atomic E-state index is 11.4. The van der Waals surface area contributed by atoms with Crippen LogP contribution in [0.1, 0.15) is 13.8 Å². The number of carbonyl (C=O) groups excluding carboxylic acids is 2. The predicted octanol–water partition coefficient (Wildman–Crippen LogP) is 0.761. The smallest absolute Gasteiger partial charge is 0.315 e. The van der Waals surface area contributed by atoms with Crippen molar-refractivity contribution in [2.45, 2.75) is 13.8 Å². The normalized spacial score (nSPS) is 9.64. The summed E-state index contributed by atoms with van der Waals surface area (Å²) in [6.07, 6.45) is 0. The van der Waals surface area contributed by atoms with Crippen molar-refractivity contribution in [3.63, 3.8) is 0 Å². The van der Waals surface area contributed by atoms with Crippen molar-refractivity contribution < 1.29 is 14.3 Å². The highest BCUT2D eigenvalue weighted by molar-refractivity contribution is 8.00. The first-order valence-corrected chi connectivity index (χ1v) is 5.73. The molecule has 4 nitrogen and oxygen atoms in total. The fourth-order valence-electron chi connectivity index (χ4n) is 0.948. The van der Waals surface area contributed by atoms with E-state index in [9.17, 15) is 9.59 Å². The molecule has 5 heteroatoms. The number of rotatable bonds is 6. The molecule has 0 heterocycles. The van der Waals surface area contributed by atoms with E-state index in [0.717, 1.165) is 0 Å². The number of carbonyl (C=O) groups is 2. The van der Waals surface area contributed by atoms with Gasteiger partial charge in [-0.1, -0.05) is 0 Å². The molecular weight excluding hydrogens is 202 g/mol. The topological polar surface area (TPSA) is 46.6 Å². The van der Waals surface area contributed by atoms with E-state index in [1.165, 1.54) is 18.9 Å². The average Bonchev–Trinajstić information content (AvgIpc) is 2.19. The molecule has 0 bridgehead atoms. The van der Waals surface area contributed by atoms with E-state index >= 15 is 0 Å². The van der Waals surface area contributed by atoms with E-state index in [1.54, 1.807) is 4.90 Å². The monoisotopic (exact) mass is 219 g/mol. The van der Waals surface area contributed by atoms with Gasteiger partial charge in [-0.25, -0.2) is 0 Å². The summed E-state index contributed by atoms with van der Waals surface area (Å²) in [6, 6.07) is 0. The maximum absolute atomic E-state index is 11.4. The van der Waals surface area contributed by atoms with Gasteiger partial charge in [-0.2, -0.15) is 0 Å². The van der Waals surface area contributed by atoms with Gasteiger partial charge in [0, 0.05) is 13.1 Å². The molecule has 1 amide bonds. The zero-order valence-corrected chi connectivity index (χ0v) is 9.73. The molecule has 82 valence electrons. The number of ether oxygens (including phenoxy) is 1. The Morgan fingerprint density at radius 1 is 1.21 bits per heavy atom. The molecule has 0 aliphatic rings. The SMILES string of the molecule is CCN(CC)C(=O)CSCC(=O)OC. The molecule has 0 aliphatic heterocycles. The van der Waals surface area contributed by atoms with Gasteiger partial charge < -0.3 is 9.64 Å². The summed E-state index contributed by atoms with van der Waals surface area (Å²) < 4.78 is 4.46. The summed E-state index contributed by atoms with van der Waals surface area (Å²) in [5, 5.41) is 0. The van der Waals surface area contributed by atoms with Crippen molar-refractivity contribution in [2.24, 2.45) is 0 Å². The van der Waals surface area contributed by atoms with E-state index in [1.807, 2.05) is 13.8 Å². The third kappa shape index (κ3) is 5.11. The van der Waals surface area contributed by atoms with Crippen LogP contribution in [0.4, 0.5) is 0 Å². The van der Waals surface area contributed by atoms with Crippen LogP contribution < -0.4 is 0 Å². The average molecular weight is 219 g/mol. The number of nitrogens with zero attached hydrogens (tertiary/aromatic N) is 1. The summed E-state index contributed by atoms with van der Waals surface area (Å²) >= 11 is 1.29. The second-order valence-electron chi connectivity index (χ2n) is 2.63. The third-order valence-electron chi connectivity index (χ3n) is 1.79. The summed E-state index contributed by atoms with van der Waals surface area (Å²) in [6.45, 7) is 5.31. The highest BCUT2D eigenvalue weighted by Crippen LogP contribution is 2.03. The highest BCUT2D eigenvalue weighted by Gasteiger charge is 2.10. The molecule has 0 aromatic rings. The minimum Gasteiger partial charge on any atom is -0.468 e. The quantitative estimate of drug-likeness (QED) is 0.619. The van der Waals surface area contributed by atoms with Crippen LogP contribution in [0.25, 0.3) is 0 Å². The van der Waals surface area contributed by atoms with Gasteiger partial charge in [0.2, 0.25) is 5.91 Å². The van der Waals surface area contributed by atoms with Gasteiger partial charge in [-0.3, -0.25) is 9.59 Å². The number of hydrogen-bond acceptors (Lipinski definition) is 4. The van der Waals surface area contributed by atoms with Crippen LogP contribution in [0.2, 0.25) is 0 Å². The van der Waals surface area contributed by atoms with Gasteiger partial charge in [0.15, 0.2) is 0 Å². The van der Waals surface area contributed by atoms with Crippen LogP contribution in [-0.4, -0.2) is 48.5 Å². The van der Waals surface area contributed by atoms with E-state index in [2.05, 4.69) is 4.74 Å². The highest BCUT2D eigenvalue weighted by atomic mass is 32.2. The Balaban J connectivity index is 3.67. The second-order valence-corrected chi connectivity index (χ2v) is 3.62. The van der Waals surface area contributed by atoms with Gasteiger partial charge in [-0.15, -0.1) is 11.8 Å². The number of thioether (sulfide) groups is 1. The Kier molecular flexibility index (Phi) is 7.28. The Morgan fingerprint density at radius 3 is 2.21 bits per heavy atom. The molecule has 0 fully saturated rings. The van der Waals surface area contributed by atoms with Gasteiger partial charge in [0.05, 0.1) is 18.6 Å². The summed E-state index contributed by atoms with van der Waals surface area (Å²) in [7, 11) is 1.34. The van der Waals surface area contributed by atoms with E-state index in [4.69, 9.17) is 0 Å². The van der Waals surface area contributed by atoms with Crippen molar-refractivity contribution in [2.75, 3.05) is 31.7 Å². The molecular formula is C9H17NO3S. The minimum atomic E-state index is -0.289. The van der Waals surface area contributed by atoms with Crippen molar-refractivity contribution in [3.8, 4) is 0 Å². The maximum Gasteiger partial charge on any atom is 0.315 e.